The molecule has 0 bridgehead atoms. The third-order valence-electron chi connectivity index (χ3n) is 12.8. The summed E-state index contributed by atoms with van der Waals surface area (Å²) in [6.07, 6.45) is 14.2. The number of aromatic nitrogens is 3. The number of phenolic OH excluding ortho intramolecular Hbond substituents is 1. The number of terminal acetylenes is 1. The van der Waals surface area contributed by atoms with Gasteiger partial charge in [-0.15, -0.1) is 6.42 Å². The Hall–Kier alpha value is -5.00. The fourth-order valence-corrected chi connectivity index (χ4v) is 10.1. The van der Waals surface area contributed by atoms with Gasteiger partial charge in [0, 0.05) is 42.1 Å². The van der Waals surface area contributed by atoms with Gasteiger partial charge in [0.05, 0.1) is 38.5 Å². The molecule has 14 heteroatoms. The van der Waals surface area contributed by atoms with E-state index in [-0.39, 0.29) is 62.7 Å². The second kappa shape index (κ2) is 13.6. The van der Waals surface area contributed by atoms with Crippen molar-refractivity contribution < 1.29 is 37.6 Å². The number of aromatic hydroxyl groups is 1. The van der Waals surface area contributed by atoms with E-state index in [4.69, 9.17) is 35.3 Å². The van der Waals surface area contributed by atoms with Gasteiger partial charge in [0.25, 0.3) is 0 Å². The van der Waals surface area contributed by atoms with Crippen LogP contribution in [0, 0.1) is 29.4 Å². The van der Waals surface area contributed by atoms with Gasteiger partial charge < -0.3 is 34.3 Å². The highest BCUT2D eigenvalue weighted by Gasteiger charge is 2.52. The molecule has 2 saturated carbocycles. The molecule has 0 radical (unpaired) electrons. The Bertz CT molecular complexity index is 2250. The van der Waals surface area contributed by atoms with Gasteiger partial charge in [0.15, 0.2) is 5.82 Å². The van der Waals surface area contributed by atoms with E-state index >= 15 is 8.78 Å². The summed E-state index contributed by atoms with van der Waals surface area (Å²) in [5.41, 5.74) is -1.28. The Balaban J connectivity index is 1.17. The van der Waals surface area contributed by atoms with E-state index < -0.39 is 23.3 Å². The van der Waals surface area contributed by atoms with Crippen LogP contribution in [0.15, 0.2) is 24.3 Å². The van der Waals surface area contributed by atoms with Crippen molar-refractivity contribution in [1.29, 1.82) is 0 Å². The monoisotopic (exact) mass is 754 g/mol. The lowest BCUT2D eigenvalue weighted by atomic mass is 9.73. The van der Waals surface area contributed by atoms with Gasteiger partial charge in [-0.1, -0.05) is 18.4 Å². The van der Waals surface area contributed by atoms with Crippen LogP contribution in [0.1, 0.15) is 63.4 Å². The number of carbonyl (C=O) groups is 1. The molecule has 12 nitrogen and oxygen atoms in total. The lowest BCUT2D eigenvalue weighted by Crippen LogP contribution is -2.59. The summed E-state index contributed by atoms with van der Waals surface area (Å²) in [5.74, 6) is 1.03. The summed E-state index contributed by atoms with van der Waals surface area (Å²) in [5, 5.41) is 14.4. The minimum Gasteiger partial charge on any atom is -0.508 e. The van der Waals surface area contributed by atoms with Crippen molar-refractivity contribution in [3.05, 3.63) is 41.5 Å². The summed E-state index contributed by atoms with van der Waals surface area (Å²) in [6.45, 7) is 2.56. The topological polar surface area (TPSA) is 131 Å². The van der Waals surface area contributed by atoms with E-state index in [2.05, 4.69) is 21.1 Å². The molecular weight excluding hydrogens is 710 g/mol. The maximum Gasteiger partial charge on any atom is 0.407 e. The van der Waals surface area contributed by atoms with Crippen molar-refractivity contribution in [3.8, 4) is 41.2 Å². The number of fused-ring (bicyclic) bond motifs is 3. The number of benzene rings is 2. The molecule has 2 N–H and O–H groups in total. The summed E-state index contributed by atoms with van der Waals surface area (Å²) in [6, 6.07) is 6.26. The van der Waals surface area contributed by atoms with E-state index in [1.807, 2.05) is 4.90 Å². The van der Waals surface area contributed by atoms with Gasteiger partial charge in [0.2, 0.25) is 5.88 Å². The molecule has 5 fully saturated rings. The zero-order valence-electron chi connectivity index (χ0n) is 31.0. The predicted molar refractivity (Wildman–Crippen MR) is 200 cm³/mol. The average Bonchev–Trinajstić information content (AvgIpc) is 3.76. The fourth-order valence-electron chi connectivity index (χ4n) is 10.1. The van der Waals surface area contributed by atoms with E-state index in [0.717, 1.165) is 51.5 Å². The summed E-state index contributed by atoms with van der Waals surface area (Å²) in [4.78, 5) is 31.1. The van der Waals surface area contributed by atoms with Crippen LogP contribution in [0.25, 0.3) is 32.9 Å². The minimum atomic E-state index is -0.845. The number of rotatable bonds is 8. The lowest BCUT2D eigenvalue weighted by Gasteiger charge is -2.53. The largest absolute Gasteiger partial charge is 0.508 e. The van der Waals surface area contributed by atoms with Gasteiger partial charge in [-0.25, -0.2) is 18.6 Å². The van der Waals surface area contributed by atoms with Gasteiger partial charge in [-0.3, -0.25) is 4.90 Å². The number of hydrogen-bond acceptors (Lipinski definition) is 11. The van der Waals surface area contributed by atoms with E-state index in [1.165, 1.54) is 31.4 Å². The first-order valence-electron chi connectivity index (χ1n) is 19.2. The molecule has 3 unspecified atom stereocenters. The molecule has 5 heterocycles. The van der Waals surface area contributed by atoms with Crippen molar-refractivity contribution in [2.45, 2.75) is 81.6 Å². The molecule has 3 atom stereocenters. The number of amides is 1. The Morgan fingerprint density at radius 1 is 1.07 bits per heavy atom. The summed E-state index contributed by atoms with van der Waals surface area (Å²) < 4.78 is 56.3. The maximum atomic E-state index is 17.4. The third-order valence-corrected chi connectivity index (χ3v) is 12.8. The van der Waals surface area contributed by atoms with Crippen LogP contribution < -0.4 is 19.7 Å². The number of likely N-dealkylation sites (tertiary alicyclic amines) is 1. The average molecular weight is 755 g/mol. The molecule has 55 heavy (non-hydrogen) atoms. The first-order valence-corrected chi connectivity index (χ1v) is 19.2. The highest BCUT2D eigenvalue weighted by Crippen LogP contribution is 2.51. The van der Waals surface area contributed by atoms with E-state index in [1.54, 1.807) is 7.11 Å². The number of pyridine rings is 1. The number of carbonyl (C=O) groups excluding carboxylic acids is 1. The van der Waals surface area contributed by atoms with Crippen LogP contribution in [0.2, 0.25) is 0 Å². The second-order valence-corrected chi connectivity index (χ2v) is 15.8. The van der Waals surface area contributed by atoms with E-state index in [0.29, 0.717) is 61.9 Å². The molecule has 4 aromatic rings. The normalized spacial score (nSPS) is 27.8. The van der Waals surface area contributed by atoms with Gasteiger partial charge in [0.1, 0.15) is 39.6 Å². The van der Waals surface area contributed by atoms with Crippen LogP contribution in [-0.4, -0.2) is 102 Å². The van der Waals surface area contributed by atoms with Crippen LogP contribution >= 0.6 is 0 Å². The molecule has 288 valence electrons. The standard InChI is InChI=1S/C41H44F2N6O6/c1-4-27-29(42)10-9-23-16-25(50)19-28(31(23)27)34-33(43)35-32(37(45-34)53-3)36(48-14-7-13-41(21-48)20-44-39(51)55-41)47-38(46-35)54-22-40-11-5-8-30(40)49(15-6-12-40)24-17-26(18-24)52-2/h1,9-10,16,19,24,26,30,50H,5-8,11-15,17-18,20-22H2,2-3H3,(H,44,51). The molecule has 1 spiro atoms. The van der Waals surface area contributed by atoms with Crippen molar-refractivity contribution in [2.24, 2.45) is 5.41 Å². The highest BCUT2D eigenvalue weighted by atomic mass is 19.1. The van der Waals surface area contributed by atoms with Crippen molar-refractivity contribution in [3.63, 3.8) is 0 Å². The third kappa shape index (κ3) is 5.94. The number of methoxy groups -OCH3 is 2. The van der Waals surface area contributed by atoms with Crippen molar-refractivity contribution in [1.82, 2.24) is 25.2 Å². The number of piperidine rings is 2. The zero-order valence-corrected chi connectivity index (χ0v) is 31.0. The summed E-state index contributed by atoms with van der Waals surface area (Å²) in [7, 11) is 3.19. The number of nitrogens with zero attached hydrogens (tertiary/aromatic N) is 5. The predicted octanol–water partition coefficient (Wildman–Crippen LogP) is 6.09. The summed E-state index contributed by atoms with van der Waals surface area (Å²) >= 11 is 0. The maximum absolute atomic E-state index is 17.4. The molecule has 3 saturated heterocycles. The SMILES string of the molecule is C#Cc1c(F)ccc2cc(O)cc(-c3nc(OC)c4c(N5CCCC6(CNC(=O)O6)C5)nc(OCC56CCCC5N(C5CC(OC)C5)CCC6)nc4c3F)c12. The first kappa shape index (κ1) is 35.7. The van der Waals surface area contributed by atoms with Gasteiger partial charge >= 0.3 is 12.1 Å². The number of hydrogen-bond donors (Lipinski definition) is 2. The molecule has 2 aromatic heterocycles. The molecule has 5 aliphatic rings. The van der Waals surface area contributed by atoms with Crippen LogP contribution in [0.4, 0.5) is 19.4 Å². The number of halogens is 2. The molecule has 2 aromatic carbocycles. The number of ether oxygens (including phenoxy) is 4. The molecule has 3 aliphatic heterocycles. The van der Waals surface area contributed by atoms with Crippen LogP contribution in [0.3, 0.4) is 0 Å². The Morgan fingerprint density at radius 2 is 1.89 bits per heavy atom. The Morgan fingerprint density at radius 3 is 2.65 bits per heavy atom. The smallest absolute Gasteiger partial charge is 0.407 e. The molecule has 2 aliphatic carbocycles. The minimum absolute atomic E-state index is 0.00173. The van der Waals surface area contributed by atoms with Crippen molar-refractivity contribution >= 4 is 33.6 Å². The number of nitrogens with one attached hydrogen (secondary N) is 1. The molecule has 1 amide bonds. The molecule has 9 rings (SSSR count). The Labute approximate surface area is 317 Å². The highest BCUT2D eigenvalue weighted by molar-refractivity contribution is 6.04. The van der Waals surface area contributed by atoms with Crippen LogP contribution in [0.5, 0.6) is 17.6 Å². The number of anilines is 1. The first-order chi connectivity index (χ1) is 26.6. The lowest BCUT2D eigenvalue weighted by molar-refractivity contribution is -0.0845. The second-order valence-electron chi connectivity index (χ2n) is 15.8. The zero-order chi connectivity index (χ0) is 38.1. The van der Waals surface area contributed by atoms with Crippen molar-refractivity contribution in [2.75, 3.05) is 51.9 Å². The quantitative estimate of drug-likeness (QED) is 0.203. The van der Waals surface area contributed by atoms with Crippen LogP contribution in [-0.2, 0) is 9.47 Å². The number of alkyl carbamates (subject to hydrolysis) is 1. The van der Waals surface area contributed by atoms with Gasteiger partial charge in [-0.05, 0) is 81.5 Å². The molecular formula is C41H44F2N6O6. The van der Waals surface area contributed by atoms with E-state index in [9.17, 15) is 9.90 Å². The Kier molecular flexibility index (Phi) is 8.85. The van der Waals surface area contributed by atoms with Gasteiger partial charge in [-0.2, -0.15) is 9.97 Å². The fraction of sp³-hybridized carbons (Fsp3) is 0.512. The number of phenols is 1.